The van der Waals surface area contributed by atoms with E-state index in [-0.39, 0.29) is 17.8 Å². The van der Waals surface area contributed by atoms with Gasteiger partial charge in [0.2, 0.25) is 0 Å². The Labute approximate surface area is 108 Å². The molecular formula is C15H12O4. The van der Waals surface area contributed by atoms with E-state index in [1.807, 2.05) is 12.1 Å². The molecule has 4 heteroatoms. The Kier molecular flexibility index (Phi) is 2.54. The van der Waals surface area contributed by atoms with Crippen LogP contribution in [0.3, 0.4) is 0 Å². The van der Waals surface area contributed by atoms with Gasteiger partial charge in [-0.05, 0) is 18.4 Å². The van der Waals surface area contributed by atoms with E-state index in [1.54, 1.807) is 12.1 Å². The first-order valence-corrected chi connectivity index (χ1v) is 5.90. The van der Waals surface area contributed by atoms with Crippen LogP contribution in [0.2, 0.25) is 0 Å². The maximum absolute atomic E-state index is 12.0. The summed E-state index contributed by atoms with van der Waals surface area (Å²) in [6.07, 6.45) is 0. The molecule has 0 bridgehead atoms. The SMILES string of the molecule is CC(O)=c1c(=O)cc2oc(CO)cc3cccc1c3-2. The van der Waals surface area contributed by atoms with Gasteiger partial charge in [-0.2, -0.15) is 0 Å². The van der Waals surface area contributed by atoms with Crippen LogP contribution in [0.25, 0.3) is 27.9 Å². The topological polar surface area (TPSA) is 70.7 Å². The monoisotopic (exact) mass is 256 g/mol. The van der Waals surface area contributed by atoms with Crippen LogP contribution < -0.4 is 10.6 Å². The fraction of sp³-hybridized carbons (Fsp3) is 0.133. The molecule has 1 heterocycles. The quantitative estimate of drug-likeness (QED) is 0.696. The molecule has 96 valence electrons. The number of hydrogen-bond acceptors (Lipinski definition) is 4. The maximum Gasteiger partial charge on any atom is 0.193 e. The summed E-state index contributed by atoms with van der Waals surface area (Å²) in [5.74, 6) is 0.814. The summed E-state index contributed by atoms with van der Waals surface area (Å²) < 4.78 is 5.49. The molecule has 0 spiro atoms. The highest BCUT2D eigenvalue weighted by molar-refractivity contribution is 5.96. The van der Waals surface area contributed by atoms with Crippen LogP contribution in [0.1, 0.15) is 12.7 Å². The molecule has 1 aliphatic carbocycles. The van der Waals surface area contributed by atoms with Crippen molar-refractivity contribution in [3.63, 3.8) is 0 Å². The molecule has 2 aliphatic rings. The predicted octanol–water partition coefficient (Wildman–Crippen LogP) is 1.80. The number of aliphatic hydroxyl groups is 2. The minimum absolute atomic E-state index is 0.00867. The number of hydrogen-bond donors (Lipinski definition) is 2. The van der Waals surface area contributed by atoms with Crippen molar-refractivity contribution in [2.75, 3.05) is 0 Å². The van der Waals surface area contributed by atoms with Crippen LogP contribution in [0.5, 0.6) is 0 Å². The van der Waals surface area contributed by atoms with Gasteiger partial charge in [-0.3, -0.25) is 4.79 Å². The first-order chi connectivity index (χ1) is 9.11. The van der Waals surface area contributed by atoms with Crippen LogP contribution >= 0.6 is 0 Å². The Bertz CT molecular complexity index is 841. The highest BCUT2D eigenvalue weighted by Crippen LogP contribution is 2.31. The second-order valence-corrected chi connectivity index (χ2v) is 4.47. The van der Waals surface area contributed by atoms with Crippen LogP contribution in [-0.2, 0) is 6.61 Å². The minimum Gasteiger partial charge on any atom is -0.512 e. The van der Waals surface area contributed by atoms with Gasteiger partial charge in [-0.25, -0.2) is 0 Å². The Balaban J connectivity index is 2.65. The van der Waals surface area contributed by atoms with Crippen molar-refractivity contribution >= 4 is 16.5 Å². The highest BCUT2D eigenvalue weighted by atomic mass is 16.4. The van der Waals surface area contributed by atoms with E-state index >= 15 is 0 Å². The lowest BCUT2D eigenvalue weighted by Gasteiger charge is -2.12. The van der Waals surface area contributed by atoms with Crippen LogP contribution in [0.4, 0.5) is 0 Å². The maximum atomic E-state index is 12.0. The van der Waals surface area contributed by atoms with Crippen molar-refractivity contribution in [3.05, 3.63) is 51.5 Å². The zero-order valence-electron chi connectivity index (χ0n) is 10.3. The lowest BCUT2D eigenvalue weighted by atomic mass is 9.97. The minimum atomic E-state index is -0.293. The molecule has 1 aromatic carbocycles. The van der Waals surface area contributed by atoms with Gasteiger partial charge >= 0.3 is 0 Å². The molecule has 0 fully saturated rings. The van der Waals surface area contributed by atoms with E-state index in [4.69, 9.17) is 9.52 Å². The van der Waals surface area contributed by atoms with E-state index in [0.29, 0.717) is 22.1 Å². The van der Waals surface area contributed by atoms with E-state index in [1.165, 1.54) is 13.0 Å². The zero-order valence-corrected chi connectivity index (χ0v) is 10.3. The lowest BCUT2D eigenvalue weighted by molar-refractivity contribution is 0.246. The summed E-state index contributed by atoms with van der Waals surface area (Å²) in [6.45, 7) is 1.26. The van der Waals surface area contributed by atoms with Crippen molar-refractivity contribution in [2.45, 2.75) is 13.5 Å². The molecule has 0 unspecified atom stereocenters. The molecule has 1 aromatic rings. The molecule has 19 heavy (non-hydrogen) atoms. The molecular weight excluding hydrogens is 244 g/mol. The first kappa shape index (κ1) is 11.7. The average Bonchev–Trinajstić information content (AvgIpc) is 2.37. The summed E-state index contributed by atoms with van der Waals surface area (Å²) in [4.78, 5) is 12.0. The third-order valence-corrected chi connectivity index (χ3v) is 3.20. The normalized spacial score (nSPS) is 13.2. The van der Waals surface area contributed by atoms with Crippen molar-refractivity contribution in [1.29, 1.82) is 0 Å². The Morgan fingerprint density at radius 3 is 2.79 bits per heavy atom. The summed E-state index contributed by atoms with van der Waals surface area (Å²) in [7, 11) is 0. The zero-order chi connectivity index (χ0) is 13.6. The largest absolute Gasteiger partial charge is 0.512 e. The number of aliphatic hydroxyl groups excluding tert-OH is 2. The second-order valence-electron chi connectivity index (χ2n) is 4.47. The summed E-state index contributed by atoms with van der Waals surface area (Å²) in [6, 6.07) is 8.55. The molecule has 1 aliphatic heterocycles. The van der Waals surface area contributed by atoms with Gasteiger partial charge < -0.3 is 14.6 Å². The van der Waals surface area contributed by atoms with Crippen LogP contribution in [0.15, 0.2) is 39.5 Å². The van der Waals surface area contributed by atoms with Crippen LogP contribution in [0, 0.1) is 0 Å². The van der Waals surface area contributed by atoms with Gasteiger partial charge in [-0.15, -0.1) is 0 Å². The van der Waals surface area contributed by atoms with Crippen molar-refractivity contribution in [1.82, 2.24) is 0 Å². The van der Waals surface area contributed by atoms with Crippen molar-refractivity contribution in [2.24, 2.45) is 0 Å². The Hall–Kier alpha value is -2.33. The van der Waals surface area contributed by atoms with Gasteiger partial charge in [0.15, 0.2) is 5.43 Å². The fourth-order valence-electron chi connectivity index (χ4n) is 2.45. The standard InChI is InChI=1S/C15H12O4/c1-8(17)14-11-4-2-3-9-5-10(7-16)19-13(15(9)11)6-12(14)18/h2-6,16-17H,7H2,1H3. The average molecular weight is 256 g/mol. The van der Waals surface area contributed by atoms with Crippen LogP contribution in [-0.4, -0.2) is 10.2 Å². The first-order valence-electron chi connectivity index (χ1n) is 5.90. The molecule has 2 N–H and O–H groups in total. The van der Waals surface area contributed by atoms with E-state index in [2.05, 4.69) is 0 Å². The number of benzene rings is 2. The summed E-state index contributed by atoms with van der Waals surface area (Å²) in [5.41, 5.74) is 0.488. The Morgan fingerprint density at radius 1 is 1.32 bits per heavy atom. The fourth-order valence-corrected chi connectivity index (χ4v) is 2.45. The van der Waals surface area contributed by atoms with Crippen molar-refractivity contribution < 1.29 is 14.6 Å². The molecule has 4 nitrogen and oxygen atoms in total. The van der Waals surface area contributed by atoms with E-state index < -0.39 is 0 Å². The predicted molar refractivity (Wildman–Crippen MR) is 72.0 cm³/mol. The molecule has 3 rings (SSSR count). The third kappa shape index (κ3) is 1.69. The second kappa shape index (κ2) is 4.10. The summed E-state index contributed by atoms with van der Waals surface area (Å²) in [5, 5.41) is 20.7. The molecule has 0 amide bonds. The van der Waals surface area contributed by atoms with Gasteiger partial charge in [0, 0.05) is 17.0 Å². The van der Waals surface area contributed by atoms with E-state index in [0.717, 1.165) is 10.9 Å². The van der Waals surface area contributed by atoms with Gasteiger partial charge in [0.1, 0.15) is 23.9 Å². The number of rotatable bonds is 1. The molecule has 0 saturated heterocycles. The lowest BCUT2D eigenvalue weighted by Crippen LogP contribution is -2.27. The van der Waals surface area contributed by atoms with Gasteiger partial charge in [-0.1, -0.05) is 18.2 Å². The highest BCUT2D eigenvalue weighted by Gasteiger charge is 2.16. The third-order valence-electron chi connectivity index (χ3n) is 3.20. The molecule has 0 saturated carbocycles. The van der Waals surface area contributed by atoms with E-state index in [9.17, 15) is 9.90 Å². The molecule has 0 aromatic heterocycles. The van der Waals surface area contributed by atoms with Crippen molar-refractivity contribution in [3.8, 4) is 11.3 Å². The molecule has 0 radical (unpaired) electrons. The Morgan fingerprint density at radius 2 is 2.11 bits per heavy atom. The smallest absolute Gasteiger partial charge is 0.193 e. The van der Waals surface area contributed by atoms with Gasteiger partial charge in [0.05, 0.1) is 5.22 Å². The molecule has 0 atom stereocenters. The summed E-state index contributed by atoms with van der Waals surface area (Å²) >= 11 is 0. The van der Waals surface area contributed by atoms with Gasteiger partial charge in [0.25, 0.3) is 0 Å².